The second-order valence-corrected chi connectivity index (χ2v) is 5.78. The van der Waals surface area contributed by atoms with Gasteiger partial charge in [-0.1, -0.05) is 0 Å². The zero-order valence-corrected chi connectivity index (χ0v) is 13.3. The van der Waals surface area contributed by atoms with Crippen molar-refractivity contribution in [2.24, 2.45) is 10.1 Å². The Labute approximate surface area is 146 Å². The molecule has 2 aromatic rings. The van der Waals surface area contributed by atoms with Gasteiger partial charge < -0.3 is 4.90 Å². The van der Waals surface area contributed by atoms with Gasteiger partial charge in [0.15, 0.2) is 5.84 Å². The number of benzene rings is 2. The summed E-state index contributed by atoms with van der Waals surface area (Å²) in [4.78, 5) is 28.7. The number of rotatable bonds is 2. The number of hydrogen-bond acceptors (Lipinski definition) is 6. The summed E-state index contributed by atoms with van der Waals surface area (Å²) in [6.45, 7) is 0.214. The summed E-state index contributed by atoms with van der Waals surface area (Å²) < 4.78 is 13.3. The van der Waals surface area contributed by atoms with Crippen LogP contribution in [0, 0.1) is 15.9 Å². The molecule has 2 heterocycles. The summed E-state index contributed by atoms with van der Waals surface area (Å²) in [6, 6.07) is 10.1. The molecule has 2 aliphatic heterocycles. The number of carbonyl (C=O) groups is 1. The number of nitro benzene ring substituents is 1. The number of fused-ring (bicyclic) bond motifs is 3. The van der Waals surface area contributed by atoms with E-state index in [1.807, 2.05) is 0 Å². The predicted molar refractivity (Wildman–Crippen MR) is 92.9 cm³/mol. The standard InChI is InChI=1S/C17H12FN5O3/c18-11-3-1-10(2-4-11)17-13-7-12(23(25)26)5-6-14(13)22-9-16(24)21-20-15(22)8-19-17/h1-7H,8-9H2,(H,21,24). The molecule has 0 aliphatic carbocycles. The van der Waals surface area contributed by atoms with E-state index in [-0.39, 0.29) is 30.5 Å². The van der Waals surface area contributed by atoms with Crippen LogP contribution in [-0.4, -0.2) is 35.5 Å². The van der Waals surface area contributed by atoms with Crippen LogP contribution in [0.3, 0.4) is 0 Å². The van der Waals surface area contributed by atoms with Crippen LogP contribution in [0.1, 0.15) is 11.1 Å². The number of halogens is 1. The van der Waals surface area contributed by atoms with Gasteiger partial charge in [0.25, 0.3) is 11.6 Å². The van der Waals surface area contributed by atoms with Gasteiger partial charge in [-0.15, -0.1) is 0 Å². The Morgan fingerprint density at radius 1 is 1.19 bits per heavy atom. The average Bonchev–Trinajstić information content (AvgIpc) is 2.79. The van der Waals surface area contributed by atoms with E-state index in [2.05, 4.69) is 15.5 Å². The molecule has 2 aliphatic rings. The van der Waals surface area contributed by atoms with Crippen molar-refractivity contribution >= 4 is 28.8 Å². The number of anilines is 1. The van der Waals surface area contributed by atoms with E-state index in [0.717, 1.165) is 0 Å². The van der Waals surface area contributed by atoms with E-state index in [0.29, 0.717) is 28.4 Å². The third-order valence-electron chi connectivity index (χ3n) is 4.16. The molecule has 0 radical (unpaired) electrons. The minimum absolute atomic E-state index is 0.0376. The molecule has 0 unspecified atom stereocenters. The number of aliphatic imine (C=N–C) groups is 1. The maximum Gasteiger partial charge on any atom is 0.270 e. The fourth-order valence-corrected chi connectivity index (χ4v) is 2.95. The van der Waals surface area contributed by atoms with Gasteiger partial charge in [0.1, 0.15) is 12.4 Å². The summed E-state index contributed by atoms with van der Waals surface area (Å²) in [5.74, 6) is -0.154. The molecule has 2 aromatic carbocycles. The molecular formula is C17H12FN5O3. The highest BCUT2D eigenvalue weighted by molar-refractivity contribution is 6.21. The van der Waals surface area contributed by atoms with Gasteiger partial charge in [-0.25, -0.2) is 9.82 Å². The molecule has 130 valence electrons. The Morgan fingerprint density at radius 3 is 2.69 bits per heavy atom. The number of amides is 1. The first-order chi connectivity index (χ1) is 12.5. The highest BCUT2D eigenvalue weighted by atomic mass is 19.1. The molecule has 9 heteroatoms. The van der Waals surface area contributed by atoms with Crippen molar-refractivity contribution in [3.8, 4) is 0 Å². The van der Waals surface area contributed by atoms with Gasteiger partial charge in [0.05, 0.1) is 22.9 Å². The number of hydrogen-bond donors (Lipinski definition) is 1. The lowest BCUT2D eigenvalue weighted by molar-refractivity contribution is -0.384. The highest BCUT2D eigenvalue weighted by Crippen LogP contribution is 2.31. The van der Waals surface area contributed by atoms with E-state index < -0.39 is 4.92 Å². The van der Waals surface area contributed by atoms with E-state index in [1.165, 1.54) is 24.3 Å². The van der Waals surface area contributed by atoms with E-state index in [9.17, 15) is 19.3 Å². The van der Waals surface area contributed by atoms with Crippen LogP contribution in [0.25, 0.3) is 0 Å². The van der Waals surface area contributed by atoms with Gasteiger partial charge in [0.2, 0.25) is 0 Å². The largest absolute Gasteiger partial charge is 0.317 e. The molecule has 4 rings (SSSR count). The van der Waals surface area contributed by atoms with Crippen molar-refractivity contribution in [2.45, 2.75) is 0 Å². The predicted octanol–water partition coefficient (Wildman–Crippen LogP) is 1.83. The van der Waals surface area contributed by atoms with Crippen LogP contribution in [-0.2, 0) is 4.79 Å². The lowest BCUT2D eigenvalue weighted by Crippen LogP contribution is -2.46. The van der Waals surface area contributed by atoms with Crippen molar-refractivity contribution in [3.63, 3.8) is 0 Å². The molecule has 0 saturated carbocycles. The summed E-state index contributed by atoms with van der Waals surface area (Å²) >= 11 is 0. The van der Waals surface area contributed by atoms with Gasteiger partial charge in [-0.05, 0) is 30.3 Å². The lowest BCUT2D eigenvalue weighted by Gasteiger charge is -2.27. The lowest BCUT2D eigenvalue weighted by atomic mass is 9.99. The van der Waals surface area contributed by atoms with E-state index in [1.54, 1.807) is 23.1 Å². The minimum atomic E-state index is -0.495. The number of nitrogens with one attached hydrogen (secondary N) is 1. The second kappa shape index (κ2) is 6.03. The topological polar surface area (TPSA) is 100 Å². The number of non-ortho nitro benzene ring substituents is 1. The van der Waals surface area contributed by atoms with E-state index >= 15 is 0 Å². The summed E-state index contributed by atoms with van der Waals surface area (Å²) in [5.41, 5.74) is 4.49. The molecule has 26 heavy (non-hydrogen) atoms. The van der Waals surface area contributed by atoms with Crippen molar-refractivity contribution in [3.05, 3.63) is 69.5 Å². The van der Waals surface area contributed by atoms with Gasteiger partial charge >= 0.3 is 0 Å². The number of carbonyl (C=O) groups excluding carboxylic acids is 1. The number of amidine groups is 1. The monoisotopic (exact) mass is 353 g/mol. The Bertz CT molecular complexity index is 984. The van der Waals surface area contributed by atoms with Crippen molar-refractivity contribution < 1.29 is 14.1 Å². The second-order valence-electron chi connectivity index (χ2n) is 5.78. The SMILES string of the molecule is O=C1CN2C(=NN1)CN=C(c1ccc(F)cc1)c1cc([N+](=O)[O-])ccc12. The van der Waals surface area contributed by atoms with Crippen molar-refractivity contribution in [2.75, 3.05) is 18.0 Å². The maximum atomic E-state index is 13.3. The Hall–Kier alpha value is -3.62. The molecule has 0 saturated heterocycles. The number of nitrogens with zero attached hydrogens (tertiary/aromatic N) is 4. The quantitative estimate of drug-likeness (QED) is 0.657. The summed E-state index contributed by atoms with van der Waals surface area (Å²) in [6.07, 6.45) is 0. The van der Waals surface area contributed by atoms with Crippen LogP contribution in [0.4, 0.5) is 15.8 Å². The minimum Gasteiger partial charge on any atom is -0.317 e. The Balaban J connectivity index is 1.93. The first-order valence-corrected chi connectivity index (χ1v) is 7.75. The molecule has 8 nitrogen and oxygen atoms in total. The highest BCUT2D eigenvalue weighted by Gasteiger charge is 2.29. The molecule has 1 amide bonds. The van der Waals surface area contributed by atoms with Crippen LogP contribution in [0.5, 0.6) is 0 Å². The normalized spacial score (nSPS) is 15.9. The van der Waals surface area contributed by atoms with Crippen LogP contribution >= 0.6 is 0 Å². The molecular weight excluding hydrogens is 341 g/mol. The van der Waals surface area contributed by atoms with Crippen molar-refractivity contribution in [1.29, 1.82) is 0 Å². The van der Waals surface area contributed by atoms with Crippen LogP contribution in [0.15, 0.2) is 52.6 Å². The first-order valence-electron chi connectivity index (χ1n) is 7.75. The van der Waals surface area contributed by atoms with E-state index in [4.69, 9.17) is 0 Å². The Kier molecular flexibility index (Phi) is 3.68. The maximum absolute atomic E-state index is 13.3. The average molecular weight is 353 g/mol. The first kappa shape index (κ1) is 15.9. The molecule has 0 fully saturated rings. The van der Waals surface area contributed by atoms with Crippen molar-refractivity contribution in [1.82, 2.24) is 5.43 Å². The summed E-state index contributed by atoms with van der Waals surface area (Å²) in [7, 11) is 0. The molecule has 1 N–H and O–H groups in total. The zero-order valence-electron chi connectivity index (χ0n) is 13.3. The molecule has 0 aromatic heterocycles. The third kappa shape index (κ3) is 2.69. The third-order valence-corrected chi connectivity index (χ3v) is 4.16. The van der Waals surface area contributed by atoms with Crippen LogP contribution in [0.2, 0.25) is 0 Å². The van der Waals surface area contributed by atoms with Gasteiger partial charge in [-0.3, -0.25) is 19.9 Å². The number of hydrazone groups is 1. The van der Waals surface area contributed by atoms with Gasteiger partial charge in [-0.2, -0.15) is 5.10 Å². The molecule has 0 atom stereocenters. The smallest absolute Gasteiger partial charge is 0.270 e. The number of nitro groups is 1. The fraction of sp³-hybridized carbons (Fsp3) is 0.118. The Morgan fingerprint density at radius 2 is 1.96 bits per heavy atom. The summed E-state index contributed by atoms with van der Waals surface area (Å²) in [5, 5.41) is 15.2. The zero-order chi connectivity index (χ0) is 18.3. The van der Waals surface area contributed by atoms with Crippen LogP contribution < -0.4 is 10.3 Å². The molecule has 0 spiro atoms. The molecule has 0 bridgehead atoms. The van der Waals surface area contributed by atoms with Gasteiger partial charge in [0, 0.05) is 23.3 Å². The fourth-order valence-electron chi connectivity index (χ4n) is 2.95.